The molecule has 0 spiro atoms. The summed E-state index contributed by atoms with van der Waals surface area (Å²) in [5.74, 6) is 0.125. The first-order valence-corrected chi connectivity index (χ1v) is 7.67. The predicted molar refractivity (Wildman–Crippen MR) is 63.8 cm³/mol. The van der Waals surface area contributed by atoms with Gasteiger partial charge in [-0.05, 0) is 34.1 Å². The van der Waals surface area contributed by atoms with Crippen LogP contribution in [0, 0.1) is 5.92 Å². The third-order valence-electron chi connectivity index (χ3n) is 3.67. The van der Waals surface area contributed by atoms with Crippen LogP contribution in [0.15, 0.2) is 0 Å². The first-order valence-electron chi connectivity index (χ1n) is 5.85. The molecule has 5 nitrogen and oxygen atoms in total. The lowest BCUT2D eigenvalue weighted by molar-refractivity contribution is -0.449. The lowest BCUT2D eigenvalue weighted by Crippen LogP contribution is -2.78. The Morgan fingerprint density at radius 1 is 1.35 bits per heavy atom. The highest BCUT2D eigenvalue weighted by molar-refractivity contribution is 7.85. The van der Waals surface area contributed by atoms with Gasteiger partial charge in [0.2, 0.25) is 0 Å². The lowest BCUT2D eigenvalue weighted by atomic mass is 9.71. The first kappa shape index (κ1) is 13.3. The zero-order valence-corrected chi connectivity index (χ0v) is 11.9. The van der Waals surface area contributed by atoms with Crippen molar-refractivity contribution in [2.75, 3.05) is 12.9 Å². The molecule has 3 heterocycles. The minimum atomic E-state index is -3.37. The summed E-state index contributed by atoms with van der Waals surface area (Å²) in [6.45, 7) is 8.67. The Hall–Kier alpha value is -0.170. The van der Waals surface area contributed by atoms with Crippen LogP contribution in [-0.4, -0.2) is 43.5 Å². The van der Waals surface area contributed by atoms with Gasteiger partial charge in [0.1, 0.15) is 6.10 Å². The van der Waals surface area contributed by atoms with Gasteiger partial charge in [0.25, 0.3) is 10.1 Å². The molecule has 3 rings (SSSR count). The number of hydrogen-bond acceptors (Lipinski definition) is 5. The average molecular weight is 263 g/mol. The van der Waals surface area contributed by atoms with Crippen LogP contribution in [-0.2, 0) is 19.1 Å². The zero-order chi connectivity index (χ0) is 13.1. The fourth-order valence-corrected chi connectivity index (χ4v) is 3.64. The zero-order valence-electron chi connectivity index (χ0n) is 11.1. The SMILES string of the molecule is CC1(C)C[C@@H](COS(C)(=O)=O)[C@H]2ON1C2(C)C. The summed E-state index contributed by atoms with van der Waals surface area (Å²) in [4.78, 5) is 5.74. The molecule has 0 saturated carbocycles. The van der Waals surface area contributed by atoms with E-state index >= 15 is 0 Å². The molecule has 3 atom stereocenters. The molecule has 3 saturated heterocycles. The molecule has 0 aromatic rings. The fraction of sp³-hybridized carbons (Fsp3) is 1.00. The number of piperidine rings is 1. The minimum absolute atomic E-state index is 0.0483. The van der Waals surface area contributed by atoms with Gasteiger partial charge in [-0.2, -0.15) is 13.5 Å². The summed E-state index contributed by atoms with van der Waals surface area (Å²) in [6, 6.07) is 0. The van der Waals surface area contributed by atoms with Crippen molar-refractivity contribution >= 4 is 10.1 Å². The van der Waals surface area contributed by atoms with Gasteiger partial charge in [0.05, 0.1) is 18.4 Å². The van der Waals surface area contributed by atoms with E-state index in [9.17, 15) is 8.42 Å². The van der Waals surface area contributed by atoms with E-state index in [1.165, 1.54) is 0 Å². The predicted octanol–water partition coefficient (Wildman–Crippen LogP) is 1.16. The summed E-state index contributed by atoms with van der Waals surface area (Å²) in [7, 11) is -3.37. The van der Waals surface area contributed by atoms with E-state index in [2.05, 4.69) is 27.7 Å². The molecule has 3 aliphatic rings. The highest BCUT2D eigenvalue weighted by Gasteiger charge is 2.62. The van der Waals surface area contributed by atoms with Gasteiger partial charge in [0.15, 0.2) is 0 Å². The first-order chi connectivity index (χ1) is 7.54. The van der Waals surface area contributed by atoms with Crippen LogP contribution in [0.1, 0.15) is 34.1 Å². The van der Waals surface area contributed by atoms with Crippen LogP contribution in [0.5, 0.6) is 0 Å². The largest absolute Gasteiger partial charge is 0.292 e. The van der Waals surface area contributed by atoms with Crippen LogP contribution in [0.2, 0.25) is 0 Å². The molecule has 2 bridgehead atoms. The van der Waals surface area contributed by atoms with Crippen molar-refractivity contribution in [2.24, 2.45) is 5.92 Å². The number of hydroxylamine groups is 2. The van der Waals surface area contributed by atoms with Gasteiger partial charge in [-0.25, -0.2) is 0 Å². The van der Waals surface area contributed by atoms with Gasteiger partial charge < -0.3 is 0 Å². The third-order valence-corrected chi connectivity index (χ3v) is 4.24. The highest BCUT2D eigenvalue weighted by Crippen LogP contribution is 2.51. The molecule has 1 unspecified atom stereocenters. The second-order valence-electron chi connectivity index (χ2n) is 6.24. The quantitative estimate of drug-likeness (QED) is 0.715. The van der Waals surface area contributed by atoms with Gasteiger partial charge in [-0.15, -0.1) is 0 Å². The number of rotatable bonds is 3. The lowest BCUT2D eigenvalue weighted by Gasteiger charge is -2.66. The van der Waals surface area contributed by atoms with Crippen LogP contribution in [0.4, 0.5) is 0 Å². The Balaban J connectivity index is 2.09. The Labute approximate surface area is 103 Å². The van der Waals surface area contributed by atoms with Crippen molar-refractivity contribution < 1.29 is 17.4 Å². The minimum Gasteiger partial charge on any atom is -0.292 e. The van der Waals surface area contributed by atoms with Crippen molar-refractivity contribution in [3.05, 3.63) is 0 Å². The average Bonchev–Trinajstić information content (AvgIpc) is 2.10. The van der Waals surface area contributed by atoms with E-state index in [-0.39, 0.29) is 29.7 Å². The van der Waals surface area contributed by atoms with Gasteiger partial charge in [-0.1, -0.05) is 0 Å². The summed E-state index contributed by atoms with van der Waals surface area (Å²) in [5, 5.41) is 2.02. The number of hydrogen-bond donors (Lipinski definition) is 0. The van der Waals surface area contributed by atoms with E-state index in [1.54, 1.807) is 0 Å². The molecule has 0 amide bonds. The van der Waals surface area contributed by atoms with E-state index < -0.39 is 10.1 Å². The maximum Gasteiger partial charge on any atom is 0.264 e. The van der Waals surface area contributed by atoms with Crippen LogP contribution >= 0.6 is 0 Å². The van der Waals surface area contributed by atoms with Crippen molar-refractivity contribution in [3.8, 4) is 0 Å². The Morgan fingerprint density at radius 3 is 2.35 bits per heavy atom. The standard InChI is InChI=1S/C11H21NO4S/c1-10(2)6-8(7-15-17(5,13)14)9-11(3,4)12(10)16-9/h8-9H,6-7H2,1-5H3/t8-,9+/m0/s1. The van der Waals surface area contributed by atoms with Crippen molar-refractivity contribution in [1.82, 2.24) is 5.06 Å². The van der Waals surface area contributed by atoms with Crippen molar-refractivity contribution in [1.29, 1.82) is 0 Å². The molecule has 0 radical (unpaired) electrons. The van der Waals surface area contributed by atoms with Gasteiger partial charge in [0, 0.05) is 11.5 Å². The molecule has 3 fully saturated rings. The Morgan fingerprint density at radius 2 is 1.94 bits per heavy atom. The second kappa shape index (κ2) is 3.66. The van der Waals surface area contributed by atoms with E-state index in [0.29, 0.717) is 0 Å². The fourth-order valence-electron chi connectivity index (χ4n) is 3.22. The molecule has 0 aromatic carbocycles. The summed E-state index contributed by atoms with van der Waals surface area (Å²) in [6.07, 6.45) is 2.02. The highest BCUT2D eigenvalue weighted by atomic mass is 32.2. The van der Waals surface area contributed by atoms with E-state index in [0.717, 1.165) is 12.7 Å². The maximum absolute atomic E-state index is 11.0. The molecule has 0 N–H and O–H groups in total. The molecule has 0 aliphatic carbocycles. The normalized spacial score (nSPS) is 38.5. The molecule has 6 heteroatoms. The number of fused-ring (bicyclic) bond motifs is 2. The maximum atomic E-state index is 11.0. The number of nitrogens with zero attached hydrogens (tertiary/aromatic N) is 1. The molecule has 3 aliphatic heterocycles. The summed E-state index contributed by atoms with van der Waals surface area (Å²) >= 11 is 0. The molecule has 17 heavy (non-hydrogen) atoms. The van der Waals surface area contributed by atoms with Crippen molar-refractivity contribution in [2.45, 2.75) is 51.3 Å². The van der Waals surface area contributed by atoms with Crippen molar-refractivity contribution in [3.63, 3.8) is 0 Å². The topological polar surface area (TPSA) is 55.8 Å². The monoisotopic (exact) mass is 263 g/mol. The summed E-state index contributed by atoms with van der Waals surface area (Å²) in [5.41, 5.74) is -0.128. The van der Waals surface area contributed by atoms with Gasteiger partial charge >= 0.3 is 0 Å². The third kappa shape index (κ3) is 2.23. The molecular weight excluding hydrogens is 242 g/mol. The van der Waals surface area contributed by atoms with Crippen LogP contribution in [0.3, 0.4) is 0 Å². The Bertz CT molecular complexity index is 407. The second-order valence-corrected chi connectivity index (χ2v) is 7.88. The van der Waals surface area contributed by atoms with Gasteiger partial charge in [-0.3, -0.25) is 9.02 Å². The Kier molecular flexibility index (Phi) is 2.86. The smallest absolute Gasteiger partial charge is 0.264 e. The van der Waals surface area contributed by atoms with E-state index in [1.807, 2.05) is 5.06 Å². The molecule has 100 valence electrons. The van der Waals surface area contributed by atoms with Crippen LogP contribution < -0.4 is 0 Å². The van der Waals surface area contributed by atoms with Crippen LogP contribution in [0.25, 0.3) is 0 Å². The van der Waals surface area contributed by atoms with E-state index in [4.69, 9.17) is 9.02 Å². The molecule has 0 aromatic heterocycles. The molecular formula is C11H21NO4S. The summed E-state index contributed by atoms with van der Waals surface area (Å²) < 4.78 is 27.0.